The standard InChI is InChI=1S/C77H150O17P2/c1-67(2)53-45-37-29-23-17-12-10-9-11-13-21-27-33-43-51-59-76(81)93-72(63-87-74(79)57-49-41-32-26-20-15-14-18-24-30-38-46-54-68(3)4)65-91-95(83,84)89-61-71(78)62-90-96(85,86)92-66-73(64-88-75(80)58-50-42-36-35-40-48-56-70(7)8)94-77(82)60-52-44-34-28-22-16-19-25-31-39-47-55-69(5)6/h67-73,78H,9-66H2,1-8H3,(H,83,84)(H,85,86)/t71-,72-,73-/m1/s1. The molecule has 0 amide bonds. The summed E-state index contributed by atoms with van der Waals surface area (Å²) in [5, 5.41) is 10.6. The van der Waals surface area contributed by atoms with Crippen LogP contribution in [0.5, 0.6) is 0 Å². The molecule has 5 atom stereocenters. The van der Waals surface area contributed by atoms with Crippen molar-refractivity contribution in [3.8, 4) is 0 Å². The fraction of sp³-hybridized carbons (Fsp3) is 0.948. The highest BCUT2D eigenvalue weighted by atomic mass is 31.2. The molecule has 17 nitrogen and oxygen atoms in total. The van der Waals surface area contributed by atoms with Gasteiger partial charge in [0, 0.05) is 25.7 Å². The van der Waals surface area contributed by atoms with Gasteiger partial charge in [0.05, 0.1) is 26.4 Å². The summed E-state index contributed by atoms with van der Waals surface area (Å²) in [5.41, 5.74) is 0. The Morgan fingerprint density at radius 1 is 0.260 bits per heavy atom. The lowest BCUT2D eigenvalue weighted by molar-refractivity contribution is -0.161. The number of hydrogen-bond acceptors (Lipinski definition) is 15. The van der Waals surface area contributed by atoms with Gasteiger partial charge in [0.15, 0.2) is 12.2 Å². The van der Waals surface area contributed by atoms with E-state index < -0.39 is 97.5 Å². The predicted octanol–water partition coefficient (Wildman–Crippen LogP) is 22.4. The molecule has 0 saturated carbocycles. The average Bonchev–Trinajstić information content (AvgIpc) is 3.00. The van der Waals surface area contributed by atoms with Gasteiger partial charge in [0.2, 0.25) is 0 Å². The number of carbonyl (C=O) groups is 4. The Labute approximate surface area is 588 Å². The second-order valence-electron chi connectivity index (χ2n) is 29.7. The van der Waals surface area contributed by atoms with Crippen LogP contribution in [0, 0.1) is 23.7 Å². The van der Waals surface area contributed by atoms with E-state index in [0.29, 0.717) is 31.6 Å². The first-order valence-corrected chi connectivity index (χ1v) is 42.7. The van der Waals surface area contributed by atoms with E-state index in [9.17, 15) is 43.2 Å². The highest BCUT2D eigenvalue weighted by Gasteiger charge is 2.30. The molecule has 0 aliphatic heterocycles. The van der Waals surface area contributed by atoms with Crippen LogP contribution in [-0.4, -0.2) is 96.7 Å². The molecular weight excluding hydrogens is 1260 g/mol. The summed E-state index contributed by atoms with van der Waals surface area (Å²) in [4.78, 5) is 72.8. The third-order valence-corrected chi connectivity index (χ3v) is 19.7. The predicted molar refractivity (Wildman–Crippen MR) is 391 cm³/mol. The van der Waals surface area contributed by atoms with Gasteiger partial charge in [-0.3, -0.25) is 37.3 Å². The highest BCUT2D eigenvalue weighted by molar-refractivity contribution is 7.47. The molecule has 0 aromatic carbocycles. The van der Waals surface area contributed by atoms with Gasteiger partial charge < -0.3 is 33.8 Å². The lowest BCUT2D eigenvalue weighted by Crippen LogP contribution is -2.30. The van der Waals surface area contributed by atoms with E-state index in [1.54, 1.807) is 0 Å². The molecule has 0 fully saturated rings. The van der Waals surface area contributed by atoms with Crippen LogP contribution in [0.15, 0.2) is 0 Å². The number of esters is 4. The van der Waals surface area contributed by atoms with Gasteiger partial charge in [-0.15, -0.1) is 0 Å². The number of unbranched alkanes of at least 4 members (excludes halogenated alkanes) is 40. The molecule has 0 aromatic heterocycles. The molecule has 0 spiro atoms. The van der Waals surface area contributed by atoms with Gasteiger partial charge in [-0.1, -0.05) is 338 Å². The number of hydrogen-bond donors (Lipinski definition) is 3. The quantitative estimate of drug-likeness (QED) is 0.0222. The Hall–Kier alpha value is -1.94. The second kappa shape index (κ2) is 66.3. The first kappa shape index (κ1) is 94.1. The minimum Gasteiger partial charge on any atom is -0.462 e. The van der Waals surface area contributed by atoms with Crippen molar-refractivity contribution in [3.05, 3.63) is 0 Å². The van der Waals surface area contributed by atoms with Crippen molar-refractivity contribution in [2.75, 3.05) is 39.6 Å². The van der Waals surface area contributed by atoms with E-state index in [-0.39, 0.29) is 25.7 Å². The van der Waals surface area contributed by atoms with Crippen LogP contribution in [0.1, 0.15) is 389 Å². The van der Waals surface area contributed by atoms with Gasteiger partial charge in [-0.25, -0.2) is 9.13 Å². The van der Waals surface area contributed by atoms with Crippen molar-refractivity contribution in [1.82, 2.24) is 0 Å². The summed E-state index contributed by atoms with van der Waals surface area (Å²) >= 11 is 0. The fourth-order valence-electron chi connectivity index (χ4n) is 11.7. The van der Waals surface area contributed by atoms with Crippen LogP contribution in [0.3, 0.4) is 0 Å². The lowest BCUT2D eigenvalue weighted by atomic mass is 10.0. The van der Waals surface area contributed by atoms with Crippen molar-refractivity contribution in [2.45, 2.75) is 408 Å². The van der Waals surface area contributed by atoms with Gasteiger partial charge in [0.25, 0.3) is 0 Å². The molecule has 0 aliphatic carbocycles. The second-order valence-corrected chi connectivity index (χ2v) is 32.6. The third-order valence-electron chi connectivity index (χ3n) is 17.8. The van der Waals surface area contributed by atoms with E-state index >= 15 is 0 Å². The van der Waals surface area contributed by atoms with Crippen LogP contribution in [-0.2, 0) is 65.4 Å². The van der Waals surface area contributed by atoms with E-state index in [1.807, 2.05) is 0 Å². The molecule has 0 saturated heterocycles. The molecule has 0 rings (SSSR count). The molecule has 0 radical (unpaired) electrons. The third kappa shape index (κ3) is 70.5. The summed E-state index contributed by atoms with van der Waals surface area (Å²) in [6.45, 7) is 14.2. The average molecular weight is 1410 g/mol. The van der Waals surface area contributed by atoms with E-state index in [4.69, 9.17) is 37.0 Å². The summed E-state index contributed by atoms with van der Waals surface area (Å²) in [7, 11) is -9.91. The largest absolute Gasteiger partial charge is 0.472 e. The molecule has 0 bridgehead atoms. The zero-order chi connectivity index (χ0) is 71.0. The van der Waals surface area contributed by atoms with E-state index in [1.165, 1.54) is 186 Å². The maximum absolute atomic E-state index is 13.1. The molecule has 19 heteroatoms. The Balaban J connectivity index is 5.24. The zero-order valence-electron chi connectivity index (χ0n) is 63.0. The first-order valence-electron chi connectivity index (χ1n) is 39.7. The fourth-order valence-corrected chi connectivity index (χ4v) is 13.3. The van der Waals surface area contributed by atoms with Crippen molar-refractivity contribution in [3.63, 3.8) is 0 Å². The van der Waals surface area contributed by atoms with Crippen molar-refractivity contribution < 1.29 is 80.2 Å². The van der Waals surface area contributed by atoms with Crippen molar-refractivity contribution in [2.24, 2.45) is 23.7 Å². The van der Waals surface area contributed by atoms with Crippen LogP contribution < -0.4 is 0 Å². The number of phosphoric ester groups is 2. The van der Waals surface area contributed by atoms with Gasteiger partial charge in [-0.2, -0.15) is 0 Å². The van der Waals surface area contributed by atoms with Gasteiger partial charge >= 0.3 is 39.5 Å². The maximum atomic E-state index is 13.1. The molecule has 0 heterocycles. The van der Waals surface area contributed by atoms with E-state index in [0.717, 1.165) is 114 Å². The normalized spacial score (nSPS) is 14.1. The highest BCUT2D eigenvalue weighted by Crippen LogP contribution is 2.45. The summed E-state index contributed by atoms with van der Waals surface area (Å²) in [6.07, 6.45) is 51.5. The lowest BCUT2D eigenvalue weighted by Gasteiger charge is -2.21. The molecule has 0 aromatic rings. The van der Waals surface area contributed by atoms with E-state index in [2.05, 4.69) is 55.4 Å². The SMILES string of the molecule is CC(C)CCCCCCCCCCCCCCCCCC(=O)O[C@H](COC(=O)CCCCCCCCCCCCCCC(C)C)COP(=O)(O)OC[C@@H](O)COP(=O)(O)OC[C@@H](COC(=O)CCCCCCCCC(C)C)OC(=O)CCCCCCCCCCCCCC(C)C. The molecule has 96 heavy (non-hydrogen) atoms. The summed E-state index contributed by atoms with van der Waals surface area (Å²) in [5.74, 6) is 0.908. The Bertz CT molecular complexity index is 1880. The number of rotatable bonds is 74. The molecule has 0 aliphatic rings. The van der Waals surface area contributed by atoms with Crippen LogP contribution in [0.25, 0.3) is 0 Å². The molecule has 570 valence electrons. The van der Waals surface area contributed by atoms with Gasteiger partial charge in [-0.05, 0) is 49.4 Å². The molecule has 2 unspecified atom stereocenters. The Morgan fingerprint density at radius 2 is 0.438 bits per heavy atom. The number of aliphatic hydroxyl groups excluding tert-OH is 1. The smallest absolute Gasteiger partial charge is 0.462 e. The van der Waals surface area contributed by atoms with Crippen LogP contribution in [0.2, 0.25) is 0 Å². The van der Waals surface area contributed by atoms with Crippen LogP contribution in [0.4, 0.5) is 0 Å². The zero-order valence-corrected chi connectivity index (χ0v) is 64.8. The molecule has 3 N–H and O–H groups in total. The first-order chi connectivity index (χ1) is 46.1. The number of carbonyl (C=O) groups excluding carboxylic acids is 4. The van der Waals surface area contributed by atoms with Crippen molar-refractivity contribution in [1.29, 1.82) is 0 Å². The summed E-state index contributed by atoms with van der Waals surface area (Å²) < 4.78 is 68.5. The maximum Gasteiger partial charge on any atom is 0.472 e. The number of ether oxygens (including phenoxy) is 4. The van der Waals surface area contributed by atoms with Crippen molar-refractivity contribution >= 4 is 39.5 Å². The number of phosphoric acid groups is 2. The van der Waals surface area contributed by atoms with Gasteiger partial charge in [0.1, 0.15) is 19.3 Å². The monoisotopic (exact) mass is 1410 g/mol. The Morgan fingerprint density at radius 3 is 0.646 bits per heavy atom. The van der Waals surface area contributed by atoms with Crippen LogP contribution >= 0.6 is 15.6 Å². The summed E-state index contributed by atoms with van der Waals surface area (Å²) in [6, 6.07) is 0. The minimum absolute atomic E-state index is 0.105. The minimum atomic E-state index is -4.96. The Kier molecular flexibility index (Phi) is 65.0. The number of aliphatic hydroxyl groups is 1. The topological polar surface area (TPSA) is 237 Å². The molecular formula is C77H150O17P2.